The molecule has 0 unspecified atom stereocenters. The van der Waals surface area contributed by atoms with Crippen molar-refractivity contribution in [3.05, 3.63) is 33.4 Å². The third-order valence-electron chi connectivity index (χ3n) is 10.1. The first kappa shape index (κ1) is 35.8. The van der Waals surface area contributed by atoms with Gasteiger partial charge in [0.15, 0.2) is 0 Å². The number of aromatic nitrogens is 4. The molecule has 9 nitrogen and oxygen atoms in total. The topological polar surface area (TPSA) is 104 Å². The maximum atomic E-state index is 12.6. The lowest BCUT2D eigenvalue weighted by atomic mass is 9.74. The number of aryl methyl sites for hydroxylation is 2. The van der Waals surface area contributed by atoms with Crippen LogP contribution in [0, 0.1) is 10.8 Å². The van der Waals surface area contributed by atoms with Gasteiger partial charge in [-0.15, -0.1) is 0 Å². The van der Waals surface area contributed by atoms with Crippen LogP contribution in [0.4, 0.5) is 0 Å². The summed E-state index contributed by atoms with van der Waals surface area (Å²) in [6, 6.07) is 0. The summed E-state index contributed by atoms with van der Waals surface area (Å²) in [5, 5.41) is 20.4. The molecule has 0 bridgehead atoms. The van der Waals surface area contributed by atoms with E-state index in [4.69, 9.17) is 4.74 Å². The van der Waals surface area contributed by atoms with Crippen molar-refractivity contribution in [1.82, 2.24) is 18.3 Å². The molecule has 0 atom stereocenters. The summed E-state index contributed by atoms with van der Waals surface area (Å²) in [7, 11) is 0. The van der Waals surface area contributed by atoms with Gasteiger partial charge < -0.3 is 14.9 Å². The van der Waals surface area contributed by atoms with Gasteiger partial charge in [-0.2, -0.15) is 0 Å². The Morgan fingerprint density at radius 3 is 1.50 bits per heavy atom. The van der Waals surface area contributed by atoms with Crippen molar-refractivity contribution < 1.29 is 14.9 Å². The van der Waals surface area contributed by atoms with Gasteiger partial charge in [0.25, 0.3) is 0 Å². The van der Waals surface area contributed by atoms with Crippen LogP contribution in [-0.2, 0) is 30.9 Å². The molecule has 0 saturated carbocycles. The smallest absolute Gasteiger partial charge is 0.331 e. The second-order valence-corrected chi connectivity index (χ2v) is 12.2. The Hall–Kier alpha value is -2.42. The summed E-state index contributed by atoms with van der Waals surface area (Å²) in [6.07, 6.45) is 16.9. The maximum Gasteiger partial charge on any atom is 0.331 e. The van der Waals surface area contributed by atoms with Gasteiger partial charge in [-0.25, -0.2) is 9.59 Å². The Bertz CT molecular complexity index is 1150. The number of hydrogen-bond donors (Lipinski definition) is 2. The fourth-order valence-corrected chi connectivity index (χ4v) is 6.45. The van der Waals surface area contributed by atoms with Crippen molar-refractivity contribution in [1.29, 1.82) is 0 Å². The van der Waals surface area contributed by atoms with Crippen molar-refractivity contribution >= 4 is 0 Å². The van der Waals surface area contributed by atoms with Crippen molar-refractivity contribution in [3.63, 3.8) is 0 Å². The Morgan fingerprint density at radius 1 is 0.619 bits per heavy atom. The Morgan fingerprint density at radius 2 is 1.05 bits per heavy atom. The van der Waals surface area contributed by atoms with Crippen LogP contribution in [-0.4, -0.2) is 41.7 Å². The average molecular weight is 593 g/mol. The molecule has 0 amide bonds. The fraction of sp³-hybridized carbons (Fsp3) is 0.818. The molecule has 0 fully saturated rings. The number of nitrogens with zero attached hydrogens (tertiary/aromatic N) is 4. The minimum absolute atomic E-state index is 0.00180. The third kappa shape index (κ3) is 9.55. The maximum absolute atomic E-state index is 12.6. The van der Waals surface area contributed by atoms with Gasteiger partial charge in [-0.3, -0.25) is 18.3 Å². The standard InChI is InChI=1S/C33H60N4O5/c1-7-32(8-2,19-13-16-22-36-28(38)25-34(11-5)30(36)40)20-14-17-23-42-24-18-15-21-33(9-3,10-4)27-37-29(39)26-35(12-6)31(37)41/h25-26,38-39H,7-24,27H2,1-6H3. The van der Waals surface area contributed by atoms with Crippen molar-refractivity contribution in [3.8, 4) is 11.8 Å². The van der Waals surface area contributed by atoms with Crippen LogP contribution in [0.3, 0.4) is 0 Å². The van der Waals surface area contributed by atoms with Crippen LogP contribution < -0.4 is 11.4 Å². The molecule has 242 valence electrons. The monoisotopic (exact) mass is 592 g/mol. The Balaban J connectivity index is 1.67. The summed E-state index contributed by atoms with van der Waals surface area (Å²) in [5.74, 6) is 0.125. The molecular weight excluding hydrogens is 532 g/mol. The molecule has 0 aliphatic rings. The van der Waals surface area contributed by atoms with Gasteiger partial charge in [0, 0.05) is 39.4 Å². The summed E-state index contributed by atoms with van der Waals surface area (Å²) >= 11 is 0. The molecule has 0 radical (unpaired) electrons. The lowest BCUT2D eigenvalue weighted by Crippen LogP contribution is -2.32. The first-order valence-electron chi connectivity index (χ1n) is 16.7. The van der Waals surface area contributed by atoms with Crippen molar-refractivity contribution in [2.45, 2.75) is 151 Å². The van der Waals surface area contributed by atoms with Crippen LogP contribution in [0.2, 0.25) is 0 Å². The summed E-state index contributed by atoms with van der Waals surface area (Å²) in [5.41, 5.74) is 0.0871. The van der Waals surface area contributed by atoms with E-state index in [0.717, 1.165) is 90.3 Å². The number of rotatable bonds is 23. The first-order valence-corrected chi connectivity index (χ1v) is 16.7. The van der Waals surface area contributed by atoms with Gasteiger partial charge in [0.05, 0.1) is 12.4 Å². The van der Waals surface area contributed by atoms with Crippen LogP contribution in [0.15, 0.2) is 22.0 Å². The SMILES string of the molecule is CCn1cc(O)n(CCCCC(CC)(CC)CCCCOCCCCC(CC)(CC)Cn2c(O)cn(CC)c2=O)c1=O. The highest BCUT2D eigenvalue weighted by molar-refractivity contribution is 5.06. The molecule has 2 heterocycles. The normalized spacial score (nSPS) is 12.4. The highest BCUT2D eigenvalue weighted by Gasteiger charge is 2.29. The lowest BCUT2D eigenvalue weighted by molar-refractivity contribution is 0.112. The highest BCUT2D eigenvalue weighted by Crippen LogP contribution is 2.38. The summed E-state index contributed by atoms with van der Waals surface area (Å²) < 4.78 is 12.1. The van der Waals surface area contributed by atoms with Gasteiger partial charge in [0.2, 0.25) is 11.8 Å². The third-order valence-corrected chi connectivity index (χ3v) is 10.1. The van der Waals surface area contributed by atoms with E-state index in [-0.39, 0.29) is 28.6 Å². The molecule has 2 aromatic rings. The van der Waals surface area contributed by atoms with Gasteiger partial charge >= 0.3 is 11.4 Å². The Kier molecular flexibility index (Phi) is 15.0. The minimum Gasteiger partial charge on any atom is -0.493 e. The summed E-state index contributed by atoms with van der Waals surface area (Å²) in [6.45, 7) is 16.6. The van der Waals surface area contributed by atoms with Gasteiger partial charge in [0.1, 0.15) is 0 Å². The molecule has 0 aliphatic carbocycles. The molecule has 0 spiro atoms. The molecule has 0 aromatic carbocycles. The molecule has 9 heteroatoms. The zero-order valence-corrected chi connectivity index (χ0v) is 27.5. The first-order chi connectivity index (χ1) is 20.1. The van der Waals surface area contributed by atoms with E-state index in [1.54, 1.807) is 15.3 Å². The quantitative estimate of drug-likeness (QED) is 0.137. The number of ether oxygens (including phenoxy) is 1. The molecule has 42 heavy (non-hydrogen) atoms. The predicted molar refractivity (Wildman–Crippen MR) is 170 cm³/mol. The van der Waals surface area contributed by atoms with Crippen LogP contribution >= 0.6 is 0 Å². The van der Waals surface area contributed by atoms with Crippen molar-refractivity contribution in [2.24, 2.45) is 10.8 Å². The van der Waals surface area contributed by atoms with E-state index < -0.39 is 0 Å². The van der Waals surface area contributed by atoms with E-state index in [0.29, 0.717) is 31.6 Å². The molecule has 2 N–H and O–H groups in total. The van der Waals surface area contributed by atoms with Crippen LogP contribution in [0.5, 0.6) is 11.8 Å². The fourth-order valence-electron chi connectivity index (χ4n) is 6.45. The van der Waals surface area contributed by atoms with E-state index in [1.165, 1.54) is 21.8 Å². The molecule has 0 saturated heterocycles. The second-order valence-electron chi connectivity index (χ2n) is 12.2. The van der Waals surface area contributed by atoms with Crippen LogP contribution in [0.25, 0.3) is 0 Å². The van der Waals surface area contributed by atoms with E-state index in [1.807, 2.05) is 13.8 Å². The van der Waals surface area contributed by atoms with E-state index in [9.17, 15) is 19.8 Å². The average Bonchev–Trinajstić information content (AvgIpc) is 3.44. The number of hydrogen-bond acceptors (Lipinski definition) is 5. The van der Waals surface area contributed by atoms with E-state index in [2.05, 4.69) is 27.7 Å². The number of unbranched alkanes of at least 4 members (excludes halogenated alkanes) is 3. The molecule has 2 rings (SSSR count). The van der Waals surface area contributed by atoms with Crippen LogP contribution in [0.1, 0.15) is 125 Å². The van der Waals surface area contributed by atoms with Gasteiger partial charge in [-0.05, 0) is 76.0 Å². The van der Waals surface area contributed by atoms with Crippen molar-refractivity contribution in [2.75, 3.05) is 13.2 Å². The Labute approximate surface area is 253 Å². The minimum atomic E-state index is -0.125. The largest absolute Gasteiger partial charge is 0.493 e. The molecular formula is C33H60N4O5. The molecule has 0 aliphatic heterocycles. The number of imidazole rings is 2. The highest BCUT2D eigenvalue weighted by atomic mass is 16.5. The lowest BCUT2D eigenvalue weighted by Gasteiger charge is -2.32. The zero-order chi connectivity index (χ0) is 31.2. The molecule has 2 aromatic heterocycles. The zero-order valence-electron chi connectivity index (χ0n) is 27.5. The van der Waals surface area contributed by atoms with E-state index >= 15 is 0 Å². The summed E-state index contributed by atoms with van der Waals surface area (Å²) in [4.78, 5) is 24.9. The number of aromatic hydroxyl groups is 2. The second kappa shape index (κ2) is 17.6. The predicted octanol–water partition coefficient (Wildman–Crippen LogP) is 6.90. The van der Waals surface area contributed by atoms with Gasteiger partial charge in [-0.1, -0.05) is 59.8 Å².